The molecule has 1 rings (SSSR count). The molecule has 0 spiro atoms. The smallest absolute Gasteiger partial charge is 0.156 e. The molecule has 1 aromatic carbocycles. The summed E-state index contributed by atoms with van der Waals surface area (Å²) >= 11 is 11.7. The third-order valence-corrected chi connectivity index (χ3v) is 2.31. The van der Waals surface area contributed by atoms with E-state index in [4.69, 9.17) is 38.9 Å². The fourth-order valence-corrected chi connectivity index (χ4v) is 1.49. The van der Waals surface area contributed by atoms with E-state index in [2.05, 4.69) is 0 Å². The van der Waals surface area contributed by atoms with Crippen LogP contribution in [-0.4, -0.2) is 12.6 Å². The van der Waals surface area contributed by atoms with Crippen LogP contribution in [0.15, 0.2) is 18.2 Å². The van der Waals surface area contributed by atoms with Gasteiger partial charge in [0.1, 0.15) is 6.61 Å². The first-order chi connectivity index (χ1) is 7.15. The average Bonchev–Trinajstić information content (AvgIpc) is 2.17. The molecule has 0 aliphatic heterocycles. The van der Waals surface area contributed by atoms with Gasteiger partial charge < -0.3 is 10.5 Å². The van der Waals surface area contributed by atoms with Crippen molar-refractivity contribution in [3.63, 3.8) is 0 Å². The molecule has 0 aromatic heterocycles. The zero-order chi connectivity index (χ0) is 11.3. The Balaban J connectivity index is 2.62. The molecule has 0 saturated carbocycles. The van der Waals surface area contributed by atoms with E-state index in [1.807, 2.05) is 6.07 Å². The molecule has 0 radical (unpaired) electrons. The van der Waals surface area contributed by atoms with Crippen molar-refractivity contribution in [2.75, 3.05) is 6.61 Å². The Hall–Kier alpha value is -0.950. The minimum absolute atomic E-state index is 0.219. The zero-order valence-electron chi connectivity index (χ0n) is 7.91. The highest BCUT2D eigenvalue weighted by Crippen LogP contribution is 2.32. The molecule has 15 heavy (non-hydrogen) atoms. The van der Waals surface area contributed by atoms with Gasteiger partial charge in [-0.1, -0.05) is 29.3 Å². The predicted octanol–water partition coefficient (Wildman–Crippen LogP) is 2.61. The van der Waals surface area contributed by atoms with Gasteiger partial charge in [0.25, 0.3) is 0 Å². The number of halogens is 2. The van der Waals surface area contributed by atoms with Crippen molar-refractivity contribution in [2.45, 2.75) is 12.5 Å². The Morgan fingerprint density at radius 1 is 1.40 bits per heavy atom. The molecule has 0 fully saturated rings. The van der Waals surface area contributed by atoms with E-state index in [0.29, 0.717) is 15.8 Å². The van der Waals surface area contributed by atoms with E-state index < -0.39 is 0 Å². The fourth-order valence-electron chi connectivity index (χ4n) is 0.987. The van der Waals surface area contributed by atoms with Crippen LogP contribution in [0.25, 0.3) is 0 Å². The molecule has 80 valence electrons. The lowest BCUT2D eigenvalue weighted by atomic mass is 10.2. The third kappa shape index (κ3) is 3.60. The molecular weight excluding hydrogens is 235 g/mol. The molecule has 1 unspecified atom stereocenters. The fraction of sp³-hybridized carbons (Fsp3) is 0.300. The van der Waals surface area contributed by atoms with Gasteiger partial charge in [-0.2, -0.15) is 5.26 Å². The second-order valence-corrected chi connectivity index (χ2v) is 3.80. The third-order valence-electron chi connectivity index (χ3n) is 1.71. The van der Waals surface area contributed by atoms with Crippen molar-refractivity contribution >= 4 is 23.2 Å². The Bertz CT molecular complexity index is 356. The lowest BCUT2D eigenvalue weighted by Crippen LogP contribution is -2.27. The number of nitrogens with zero attached hydrogens (tertiary/aromatic N) is 1. The van der Waals surface area contributed by atoms with Gasteiger partial charge in [-0.3, -0.25) is 0 Å². The minimum Gasteiger partial charge on any atom is -0.489 e. The van der Waals surface area contributed by atoms with E-state index >= 15 is 0 Å². The summed E-state index contributed by atoms with van der Waals surface area (Å²) in [6.07, 6.45) is 0.238. The van der Waals surface area contributed by atoms with Crippen molar-refractivity contribution in [3.05, 3.63) is 28.2 Å². The largest absolute Gasteiger partial charge is 0.489 e. The number of rotatable bonds is 4. The van der Waals surface area contributed by atoms with Crippen LogP contribution in [0.5, 0.6) is 5.75 Å². The first-order valence-electron chi connectivity index (χ1n) is 4.34. The van der Waals surface area contributed by atoms with E-state index in [1.165, 1.54) is 0 Å². The lowest BCUT2D eigenvalue weighted by Gasteiger charge is -2.12. The van der Waals surface area contributed by atoms with Crippen molar-refractivity contribution in [1.82, 2.24) is 0 Å². The van der Waals surface area contributed by atoms with Crippen LogP contribution in [0.1, 0.15) is 6.42 Å². The molecule has 0 aliphatic carbocycles. The molecule has 0 bridgehead atoms. The molecule has 0 amide bonds. The zero-order valence-corrected chi connectivity index (χ0v) is 9.42. The summed E-state index contributed by atoms with van der Waals surface area (Å²) in [4.78, 5) is 0. The second-order valence-electron chi connectivity index (χ2n) is 2.98. The van der Waals surface area contributed by atoms with E-state index in [1.54, 1.807) is 18.2 Å². The van der Waals surface area contributed by atoms with Gasteiger partial charge in [0.15, 0.2) is 5.75 Å². The first kappa shape index (κ1) is 12.1. The van der Waals surface area contributed by atoms with Crippen molar-refractivity contribution < 1.29 is 4.74 Å². The number of hydrogen-bond donors (Lipinski definition) is 1. The van der Waals surface area contributed by atoms with Crippen LogP contribution in [0.4, 0.5) is 0 Å². The van der Waals surface area contributed by atoms with Gasteiger partial charge in [0.2, 0.25) is 0 Å². The lowest BCUT2D eigenvalue weighted by molar-refractivity contribution is 0.290. The number of ether oxygens (including phenoxy) is 1. The highest BCUT2D eigenvalue weighted by atomic mass is 35.5. The van der Waals surface area contributed by atoms with Crippen LogP contribution in [0, 0.1) is 11.3 Å². The molecule has 1 atom stereocenters. The maximum atomic E-state index is 8.41. The highest BCUT2D eigenvalue weighted by Gasteiger charge is 2.09. The van der Waals surface area contributed by atoms with Gasteiger partial charge in [0.05, 0.1) is 28.6 Å². The summed E-state index contributed by atoms with van der Waals surface area (Å²) in [6, 6.07) is 6.72. The quantitative estimate of drug-likeness (QED) is 0.886. The summed E-state index contributed by atoms with van der Waals surface area (Å²) < 4.78 is 5.34. The molecule has 0 aliphatic rings. The number of hydrogen-bond acceptors (Lipinski definition) is 3. The van der Waals surface area contributed by atoms with Crippen LogP contribution >= 0.6 is 23.2 Å². The molecule has 5 heteroatoms. The van der Waals surface area contributed by atoms with Crippen molar-refractivity contribution in [1.29, 1.82) is 5.26 Å². The van der Waals surface area contributed by atoms with Crippen molar-refractivity contribution in [2.24, 2.45) is 5.73 Å². The van der Waals surface area contributed by atoms with Crippen LogP contribution in [-0.2, 0) is 0 Å². The van der Waals surface area contributed by atoms with E-state index in [0.717, 1.165) is 0 Å². The summed E-state index contributed by atoms with van der Waals surface area (Å²) in [5, 5.41) is 9.28. The Labute approximate surface area is 98.3 Å². The van der Waals surface area contributed by atoms with E-state index in [9.17, 15) is 0 Å². The Kier molecular flexibility index (Phi) is 4.70. The van der Waals surface area contributed by atoms with Gasteiger partial charge in [-0.15, -0.1) is 0 Å². The number of nitrogens with two attached hydrogens (primary N) is 1. The summed E-state index contributed by atoms with van der Waals surface area (Å²) in [7, 11) is 0. The molecule has 3 nitrogen and oxygen atoms in total. The number of benzene rings is 1. The van der Waals surface area contributed by atoms with Crippen LogP contribution in [0.3, 0.4) is 0 Å². The molecule has 1 aromatic rings. The van der Waals surface area contributed by atoms with Gasteiger partial charge in [-0.25, -0.2) is 0 Å². The molecule has 0 saturated heterocycles. The minimum atomic E-state index is -0.331. The normalized spacial score (nSPS) is 11.9. The van der Waals surface area contributed by atoms with Gasteiger partial charge >= 0.3 is 0 Å². The number of nitriles is 1. The summed E-state index contributed by atoms with van der Waals surface area (Å²) in [5.74, 6) is 0.411. The topological polar surface area (TPSA) is 59.0 Å². The van der Waals surface area contributed by atoms with Gasteiger partial charge in [-0.05, 0) is 12.1 Å². The van der Waals surface area contributed by atoms with Crippen LogP contribution in [0.2, 0.25) is 10.0 Å². The average molecular weight is 245 g/mol. The Morgan fingerprint density at radius 2 is 2.00 bits per heavy atom. The summed E-state index contributed by atoms with van der Waals surface area (Å²) in [5.41, 5.74) is 5.60. The molecular formula is C10H10Cl2N2O. The van der Waals surface area contributed by atoms with Crippen molar-refractivity contribution in [3.8, 4) is 11.8 Å². The summed E-state index contributed by atoms with van der Waals surface area (Å²) in [6.45, 7) is 0.219. The monoisotopic (exact) mass is 244 g/mol. The standard InChI is InChI=1S/C10H10Cl2N2O/c11-8-2-1-3-9(12)10(8)15-6-7(14)4-5-13/h1-3,7H,4,6,14H2. The maximum Gasteiger partial charge on any atom is 0.156 e. The number of para-hydroxylation sites is 1. The highest BCUT2D eigenvalue weighted by molar-refractivity contribution is 6.37. The maximum absolute atomic E-state index is 8.41. The first-order valence-corrected chi connectivity index (χ1v) is 5.10. The second kappa shape index (κ2) is 5.82. The Morgan fingerprint density at radius 3 is 2.53 bits per heavy atom. The molecule has 0 heterocycles. The predicted molar refractivity (Wildman–Crippen MR) is 60.2 cm³/mol. The SMILES string of the molecule is N#CCC(N)COc1c(Cl)cccc1Cl. The van der Waals surface area contributed by atoms with Gasteiger partial charge in [0, 0.05) is 0 Å². The molecule has 2 N–H and O–H groups in total. The van der Waals surface area contributed by atoms with Crippen LogP contribution < -0.4 is 10.5 Å². The van der Waals surface area contributed by atoms with E-state index in [-0.39, 0.29) is 19.1 Å².